The van der Waals surface area contributed by atoms with Gasteiger partial charge in [-0.05, 0) is 12.3 Å². The lowest BCUT2D eigenvalue weighted by atomic mass is 10.1. The van der Waals surface area contributed by atoms with Gasteiger partial charge in [0.25, 0.3) is 5.56 Å². The molecule has 1 N–H and O–H groups in total. The number of methoxy groups -OCH3 is 1. The van der Waals surface area contributed by atoms with Gasteiger partial charge in [0.1, 0.15) is 5.82 Å². The minimum absolute atomic E-state index is 0.0902. The number of hydrogen-bond donors (Lipinski definition) is 1. The Bertz CT molecular complexity index is 401. The average Bonchev–Trinajstić information content (AvgIpc) is 2.27. The molecule has 1 heterocycles. The zero-order valence-corrected chi connectivity index (χ0v) is 11.4. The lowest BCUT2D eigenvalue weighted by Crippen LogP contribution is -2.16. The van der Waals surface area contributed by atoms with Crippen molar-refractivity contribution in [2.45, 2.75) is 26.7 Å². The summed E-state index contributed by atoms with van der Waals surface area (Å²) in [5.41, 5.74) is 0.758. The molecular formula is C13H22N2O3. The van der Waals surface area contributed by atoms with Crippen molar-refractivity contribution in [2.75, 3.05) is 26.9 Å². The monoisotopic (exact) mass is 254 g/mol. The predicted molar refractivity (Wildman–Crippen MR) is 69.8 cm³/mol. The fourth-order valence-corrected chi connectivity index (χ4v) is 1.62. The van der Waals surface area contributed by atoms with Gasteiger partial charge in [-0.1, -0.05) is 13.8 Å². The number of rotatable bonds is 8. The van der Waals surface area contributed by atoms with Crippen molar-refractivity contribution >= 4 is 0 Å². The highest BCUT2D eigenvalue weighted by Gasteiger charge is 2.04. The molecule has 5 nitrogen and oxygen atoms in total. The number of nitrogens with zero attached hydrogens (tertiary/aromatic N) is 1. The molecule has 1 aromatic rings. The van der Waals surface area contributed by atoms with Crippen molar-refractivity contribution in [3.63, 3.8) is 0 Å². The average molecular weight is 254 g/mol. The molecule has 0 fully saturated rings. The van der Waals surface area contributed by atoms with Gasteiger partial charge in [0, 0.05) is 25.3 Å². The maximum atomic E-state index is 11.5. The smallest absolute Gasteiger partial charge is 0.251 e. The molecule has 0 aliphatic heterocycles. The fraction of sp³-hybridized carbons (Fsp3) is 0.692. The van der Waals surface area contributed by atoms with Crippen LogP contribution in [0.4, 0.5) is 0 Å². The van der Waals surface area contributed by atoms with Gasteiger partial charge in [-0.2, -0.15) is 0 Å². The van der Waals surface area contributed by atoms with E-state index >= 15 is 0 Å². The van der Waals surface area contributed by atoms with Crippen LogP contribution < -0.4 is 5.56 Å². The molecular weight excluding hydrogens is 232 g/mol. The van der Waals surface area contributed by atoms with Crippen LogP contribution in [-0.4, -0.2) is 36.9 Å². The van der Waals surface area contributed by atoms with Crippen LogP contribution in [-0.2, 0) is 22.3 Å². The minimum atomic E-state index is -0.0902. The Labute approximate surface area is 108 Å². The van der Waals surface area contributed by atoms with Crippen LogP contribution in [0.15, 0.2) is 10.9 Å². The zero-order chi connectivity index (χ0) is 13.4. The molecule has 0 amide bonds. The molecule has 0 bridgehead atoms. The predicted octanol–water partition coefficient (Wildman–Crippen LogP) is 1.17. The van der Waals surface area contributed by atoms with Gasteiger partial charge < -0.3 is 14.5 Å². The zero-order valence-electron chi connectivity index (χ0n) is 11.4. The first-order valence-corrected chi connectivity index (χ1v) is 6.27. The second-order valence-corrected chi connectivity index (χ2v) is 4.64. The number of nitrogens with one attached hydrogen (secondary N) is 1. The Balaban J connectivity index is 2.49. The van der Waals surface area contributed by atoms with E-state index in [2.05, 4.69) is 23.8 Å². The largest absolute Gasteiger partial charge is 0.382 e. The van der Waals surface area contributed by atoms with Crippen molar-refractivity contribution in [3.8, 4) is 0 Å². The number of ether oxygens (including phenoxy) is 2. The molecule has 0 unspecified atom stereocenters. The molecule has 0 spiro atoms. The van der Waals surface area contributed by atoms with Gasteiger partial charge >= 0.3 is 0 Å². The standard InChI is InChI=1S/C13H22N2O3/c1-10(2)8-11-9-13(16)15-12(14-11)4-5-18-7-6-17-3/h9-10H,4-8H2,1-3H3,(H,14,15,16). The normalized spacial score (nSPS) is 11.1. The highest BCUT2D eigenvalue weighted by Crippen LogP contribution is 2.03. The minimum Gasteiger partial charge on any atom is -0.382 e. The van der Waals surface area contributed by atoms with E-state index in [4.69, 9.17) is 9.47 Å². The van der Waals surface area contributed by atoms with Crippen LogP contribution in [0.1, 0.15) is 25.4 Å². The molecule has 18 heavy (non-hydrogen) atoms. The molecule has 0 saturated carbocycles. The quantitative estimate of drug-likeness (QED) is 0.707. The summed E-state index contributed by atoms with van der Waals surface area (Å²) >= 11 is 0. The number of aromatic nitrogens is 2. The first-order valence-electron chi connectivity index (χ1n) is 6.27. The van der Waals surface area contributed by atoms with Crippen LogP contribution in [0.25, 0.3) is 0 Å². The summed E-state index contributed by atoms with van der Waals surface area (Å²) in [5, 5.41) is 0. The fourth-order valence-electron chi connectivity index (χ4n) is 1.62. The summed E-state index contributed by atoms with van der Waals surface area (Å²) in [7, 11) is 1.64. The summed E-state index contributed by atoms with van der Waals surface area (Å²) in [4.78, 5) is 18.6. The molecule has 0 atom stereocenters. The van der Waals surface area contributed by atoms with E-state index < -0.39 is 0 Å². The van der Waals surface area contributed by atoms with Crippen molar-refractivity contribution in [2.24, 2.45) is 5.92 Å². The van der Waals surface area contributed by atoms with Crippen molar-refractivity contribution in [1.82, 2.24) is 9.97 Å². The second kappa shape index (κ2) is 8.00. The third kappa shape index (κ3) is 5.93. The molecule has 1 rings (SSSR count). The third-order valence-electron chi connectivity index (χ3n) is 2.38. The Morgan fingerprint density at radius 3 is 2.78 bits per heavy atom. The number of hydrogen-bond acceptors (Lipinski definition) is 4. The van der Waals surface area contributed by atoms with Gasteiger partial charge in [-0.15, -0.1) is 0 Å². The van der Waals surface area contributed by atoms with Gasteiger partial charge in [0.2, 0.25) is 0 Å². The first kappa shape index (κ1) is 14.9. The molecule has 0 aliphatic rings. The van der Waals surface area contributed by atoms with E-state index in [1.165, 1.54) is 0 Å². The third-order valence-corrected chi connectivity index (χ3v) is 2.38. The number of aromatic amines is 1. The summed E-state index contributed by atoms with van der Waals surface area (Å²) in [6, 6.07) is 1.56. The number of H-pyrrole nitrogens is 1. The van der Waals surface area contributed by atoms with Crippen LogP contribution in [0, 0.1) is 5.92 Å². The molecule has 0 aromatic carbocycles. The van der Waals surface area contributed by atoms with Gasteiger partial charge in [-0.25, -0.2) is 4.98 Å². The molecule has 1 aromatic heterocycles. The highest BCUT2D eigenvalue weighted by molar-refractivity contribution is 5.03. The van der Waals surface area contributed by atoms with E-state index in [0.29, 0.717) is 38.0 Å². The summed E-state index contributed by atoms with van der Waals surface area (Å²) in [6.45, 7) is 5.90. The SMILES string of the molecule is COCCOCCc1nc(CC(C)C)cc(=O)[nH]1. The Morgan fingerprint density at radius 2 is 2.11 bits per heavy atom. The lowest BCUT2D eigenvalue weighted by molar-refractivity contribution is 0.0716. The Hall–Kier alpha value is -1.20. The molecule has 0 aliphatic carbocycles. The van der Waals surface area contributed by atoms with E-state index in [-0.39, 0.29) is 5.56 Å². The Morgan fingerprint density at radius 1 is 1.33 bits per heavy atom. The van der Waals surface area contributed by atoms with Crippen molar-refractivity contribution < 1.29 is 9.47 Å². The van der Waals surface area contributed by atoms with Crippen LogP contribution in [0.3, 0.4) is 0 Å². The first-order chi connectivity index (χ1) is 8.61. The van der Waals surface area contributed by atoms with Crippen LogP contribution in [0.2, 0.25) is 0 Å². The maximum absolute atomic E-state index is 11.5. The molecule has 5 heteroatoms. The second-order valence-electron chi connectivity index (χ2n) is 4.64. The summed E-state index contributed by atoms with van der Waals surface area (Å²) < 4.78 is 10.2. The van der Waals surface area contributed by atoms with Gasteiger partial charge in [-0.3, -0.25) is 4.79 Å². The maximum Gasteiger partial charge on any atom is 0.251 e. The molecule has 0 saturated heterocycles. The van der Waals surface area contributed by atoms with Crippen LogP contribution >= 0.6 is 0 Å². The molecule has 0 radical (unpaired) electrons. The van der Waals surface area contributed by atoms with E-state index in [0.717, 1.165) is 12.1 Å². The van der Waals surface area contributed by atoms with E-state index in [1.54, 1.807) is 13.2 Å². The summed E-state index contributed by atoms with van der Waals surface area (Å²) in [5.74, 6) is 1.18. The van der Waals surface area contributed by atoms with Crippen LogP contribution in [0.5, 0.6) is 0 Å². The highest BCUT2D eigenvalue weighted by atomic mass is 16.5. The van der Waals surface area contributed by atoms with Gasteiger partial charge in [0.05, 0.1) is 19.8 Å². The van der Waals surface area contributed by atoms with Crippen molar-refractivity contribution in [3.05, 3.63) is 27.9 Å². The van der Waals surface area contributed by atoms with E-state index in [1.807, 2.05) is 0 Å². The lowest BCUT2D eigenvalue weighted by Gasteiger charge is -2.07. The van der Waals surface area contributed by atoms with Crippen molar-refractivity contribution in [1.29, 1.82) is 0 Å². The van der Waals surface area contributed by atoms with E-state index in [9.17, 15) is 4.79 Å². The topological polar surface area (TPSA) is 64.2 Å². The molecule has 102 valence electrons. The summed E-state index contributed by atoms with van der Waals surface area (Å²) in [6.07, 6.45) is 1.44. The van der Waals surface area contributed by atoms with Gasteiger partial charge in [0.15, 0.2) is 0 Å². The Kier molecular flexibility index (Phi) is 6.60.